The molecule has 0 saturated heterocycles. The summed E-state index contributed by atoms with van der Waals surface area (Å²) in [5.41, 5.74) is 1.04. The summed E-state index contributed by atoms with van der Waals surface area (Å²) in [7, 11) is 0. The molecule has 0 unspecified atom stereocenters. The molecule has 2 aromatic rings. The third-order valence-corrected chi connectivity index (χ3v) is 2.81. The quantitative estimate of drug-likeness (QED) is 0.766. The molecule has 2 nitrogen and oxygen atoms in total. The average Bonchev–Trinajstić information content (AvgIpc) is 2.46. The normalized spacial score (nSPS) is 10.6. The van der Waals surface area contributed by atoms with Crippen LogP contribution in [0.4, 0.5) is 4.39 Å². The van der Waals surface area contributed by atoms with Crippen molar-refractivity contribution >= 4 is 5.78 Å². The van der Waals surface area contributed by atoms with Crippen molar-refractivity contribution in [1.29, 1.82) is 0 Å². The molecule has 3 heteroatoms. The number of carbonyl (C=O) groups is 1. The number of ketones is 1. The Kier molecular flexibility index (Phi) is 4.51. The van der Waals surface area contributed by atoms with Gasteiger partial charge in [0.2, 0.25) is 0 Å². The molecule has 0 aliphatic heterocycles. The van der Waals surface area contributed by atoms with Gasteiger partial charge in [0.05, 0.1) is 6.61 Å². The van der Waals surface area contributed by atoms with E-state index >= 15 is 0 Å². The standard InChI is InChI=1S/C17H17FO2/c1-12(2)11-20-16-9-5-14(6-10-16)17(19)13-3-7-15(18)8-4-13/h3-10,12H,11H2,1-2H3. The zero-order valence-electron chi connectivity index (χ0n) is 11.6. The Morgan fingerprint density at radius 2 is 1.50 bits per heavy atom. The van der Waals surface area contributed by atoms with Crippen LogP contribution in [0.2, 0.25) is 0 Å². The highest BCUT2D eigenvalue weighted by molar-refractivity contribution is 6.08. The van der Waals surface area contributed by atoms with E-state index in [9.17, 15) is 9.18 Å². The molecule has 20 heavy (non-hydrogen) atoms. The second-order valence-corrected chi connectivity index (χ2v) is 5.07. The van der Waals surface area contributed by atoms with Gasteiger partial charge in [0.15, 0.2) is 5.78 Å². The molecule has 2 aromatic carbocycles. The van der Waals surface area contributed by atoms with Gasteiger partial charge >= 0.3 is 0 Å². The van der Waals surface area contributed by atoms with Crippen molar-refractivity contribution < 1.29 is 13.9 Å². The van der Waals surface area contributed by atoms with Crippen LogP contribution in [0.5, 0.6) is 5.75 Å². The second kappa shape index (κ2) is 6.33. The third-order valence-electron chi connectivity index (χ3n) is 2.81. The molecule has 0 radical (unpaired) electrons. The summed E-state index contributed by atoms with van der Waals surface area (Å²) in [6, 6.07) is 12.5. The number of carbonyl (C=O) groups excluding carboxylic acids is 1. The number of ether oxygens (including phenoxy) is 1. The Bertz CT molecular complexity index is 571. The minimum atomic E-state index is -0.348. The van der Waals surface area contributed by atoms with Crippen molar-refractivity contribution in [3.05, 3.63) is 65.5 Å². The first-order valence-corrected chi connectivity index (χ1v) is 6.59. The Labute approximate surface area is 118 Å². The molecule has 0 aliphatic carbocycles. The fourth-order valence-electron chi connectivity index (χ4n) is 1.73. The maximum absolute atomic E-state index is 12.8. The Balaban J connectivity index is 2.09. The van der Waals surface area contributed by atoms with Crippen LogP contribution in [0.1, 0.15) is 29.8 Å². The summed E-state index contributed by atoms with van der Waals surface area (Å²) in [5, 5.41) is 0. The molecule has 0 heterocycles. The molecule has 0 bridgehead atoms. The fourth-order valence-corrected chi connectivity index (χ4v) is 1.73. The van der Waals surface area contributed by atoms with Gasteiger partial charge in [-0.05, 0) is 54.4 Å². The Morgan fingerprint density at radius 1 is 1.00 bits per heavy atom. The predicted octanol–water partition coefficient (Wildman–Crippen LogP) is 4.09. The molecule has 0 atom stereocenters. The van der Waals surface area contributed by atoms with Crippen molar-refractivity contribution in [1.82, 2.24) is 0 Å². The monoisotopic (exact) mass is 272 g/mol. The molecule has 0 spiro atoms. The zero-order chi connectivity index (χ0) is 14.5. The topological polar surface area (TPSA) is 26.3 Å². The van der Waals surface area contributed by atoms with E-state index in [1.165, 1.54) is 24.3 Å². The minimum Gasteiger partial charge on any atom is -0.493 e. The summed E-state index contributed by atoms with van der Waals surface area (Å²) in [6.07, 6.45) is 0. The summed E-state index contributed by atoms with van der Waals surface area (Å²) < 4.78 is 18.4. The largest absolute Gasteiger partial charge is 0.493 e. The van der Waals surface area contributed by atoms with Crippen molar-refractivity contribution in [2.45, 2.75) is 13.8 Å². The lowest BCUT2D eigenvalue weighted by atomic mass is 10.0. The van der Waals surface area contributed by atoms with Crippen LogP contribution in [0, 0.1) is 11.7 Å². The molecule has 0 aliphatic rings. The van der Waals surface area contributed by atoms with Gasteiger partial charge in [0.25, 0.3) is 0 Å². The SMILES string of the molecule is CC(C)COc1ccc(C(=O)c2ccc(F)cc2)cc1. The molecule has 0 amide bonds. The van der Waals surface area contributed by atoms with Gasteiger partial charge in [-0.2, -0.15) is 0 Å². The molecule has 0 aromatic heterocycles. The smallest absolute Gasteiger partial charge is 0.193 e. The highest BCUT2D eigenvalue weighted by Crippen LogP contribution is 2.16. The molecular weight excluding hydrogens is 255 g/mol. The predicted molar refractivity (Wildman–Crippen MR) is 76.6 cm³/mol. The first-order valence-electron chi connectivity index (χ1n) is 6.59. The zero-order valence-corrected chi connectivity index (χ0v) is 11.6. The average molecular weight is 272 g/mol. The Hall–Kier alpha value is -2.16. The van der Waals surface area contributed by atoms with E-state index < -0.39 is 0 Å². The van der Waals surface area contributed by atoms with Gasteiger partial charge in [0.1, 0.15) is 11.6 Å². The van der Waals surface area contributed by atoms with Crippen molar-refractivity contribution in [2.75, 3.05) is 6.61 Å². The molecule has 104 valence electrons. The van der Waals surface area contributed by atoms with Gasteiger partial charge in [-0.3, -0.25) is 4.79 Å². The van der Waals surface area contributed by atoms with Crippen molar-refractivity contribution in [2.24, 2.45) is 5.92 Å². The third kappa shape index (κ3) is 3.67. The summed E-state index contributed by atoms with van der Waals surface area (Å²) in [5.74, 6) is 0.726. The van der Waals surface area contributed by atoms with Gasteiger partial charge in [-0.25, -0.2) is 4.39 Å². The second-order valence-electron chi connectivity index (χ2n) is 5.07. The van der Waals surface area contributed by atoms with Crippen LogP contribution < -0.4 is 4.74 Å². The van der Waals surface area contributed by atoms with Gasteiger partial charge in [-0.1, -0.05) is 13.8 Å². The van der Waals surface area contributed by atoms with E-state index in [-0.39, 0.29) is 11.6 Å². The van der Waals surface area contributed by atoms with Crippen molar-refractivity contribution in [3.8, 4) is 5.75 Å². The van der Waals surface area contributed by atoms with Crippen molar-refractivity contribution in [3.63, 3.8) is 0 Å². The highest BCUT2D eigenvalue weighted by atomic mass is 19.1. The number of rotatable bonds is 5. The van der Waals surface area contributed by atoms with Gasteiger partial charge in [-0.15, -0.1) is 0 Å². The lowest BCUT2D eigenvalue weighted by Crippen LogP contribution is -2.05. The van der Waals surface area contributed by atoms with E-state index in [0.29, 0.717) is 23.7 Å². The summed E-state index contributed by atoms with van der Waals surface area (Å²) in [4.78, 5) is 12.2. The fraction of sp³-hybridized carbons (Fsp3) is 0.235. The van der Waals surface area contributed by atoms with E-state index in [2.05, 4.69) is 13.8 Å². The van der Waals surface area contributed by atoms with Crippen LogP contribution >= 0.6 is 0 Å². The van der Waals surface area contributed by atoms with E-state index in [1.54, 1.807) is 24.3 Å². The van der Waals surface area contributed by atoms with Crippen LogP contribution in [-0.2, 0) is 0 Å². The Morgan fingerprint density at radius 3 is 2.00 bits per heavy atom. The maximum atomic E-state index is 12.8. The first-order chi connectivity index (χ1) is 9.56. The van der Waals surface area contributed by atoms with Crippen LogP contribution in [0.25, 0.3) is 0 Å². The molecule has 0 N–H and O–H groups in total. The molecule has 2 rings (SSSR count). The maximum Gasteiger partial charge on any atom is 0.193 e. The number of hydrogen-bond donors (Lipinski definition) is 0. The highest BCUT2D eigenvalue weighted by Gasteiger charge is 2.09. The molecule has 0 saturated carbocycles. The molecular formula is C17H17FO2. The van der Waals surface area contributed by atoms with E-state index in [0.717, 1.165) is 5.75 Å². The van der Waals surface area contributed by atoms with Crippen LogP contribution in [0.3, 0.4) is 0 Å². The molecule has 0 fully saturated rings. The van der Waals surface area contributed by atoms with E-state index in [1.807, 2.05) is 0 Å². The first kappa shape index (κ1) is 14.3. The lowest BCUT2D eigenvalue weighted by molar-refractivity contribution is 0.103. The van der Waals surface area contributed by atoms with Crippen LogP contribution in [0.15, 0.2) is 48.5 Å². The minimum absolute atomic E-state index is 0.125. The van der Waals surface area contributed by atoms with Gasteiger partial charge < -0.3 is 4.74 Å². The number of benzene rings is 2. The summed E-state index contributed by atoms with van der Waals surface area (Å²) >= 11 is 0. The summed E-state index contributed by atoms with van der Waals surface area (Å²) in [6.45, 7) is 4.80. The lowest BCUT2D eigenvalue weighted by Gasteiger charge is -2.09. The van der Waals surface area contributed by atoms with Crippen LogP contribution in [-0.4, -0.2) is 12.4 Å². The van der Waals surface area contributed by atoms with E-state index in [4.69, 9.17) is 4.74 Å². The number of halogens is 1. The van der Waals surface area contributed by atoms with Gasteiger partial charge in [0, 0.05) is 11.1 Å². The number of hydrogen-bond acceptors (Lipinski definition) is 2.